The van der Waals surface area contributed by atoms with Crippen molar-refractivity contribution in [2.75, 3.05) is 18.4 Å². The molecule has 1 aromatic carbocycles. The van der Waals surface area contributed by atoms with E-state index in [4.69, 9.17) is 0 Å². The SMILES string of the molecule is CC(CC(=O)Nc1cccc(C2(C)NC(=O)NC2=O)c1)C1CCNCC1.Cl. The molecule has 8 heteroatoms. The summed E-state index contributed by atoms with van der Waals surface area (Å²) in [6.45, 7) is 5.81. The molecule has 2 aliphatic heterocycles. The zero-order valence-electron chi connectivity index (χ0n) is 15.6. The van der Waals surface area contributed by atoms with Crippen molar-refractivity contribution in [3.63, 3.8) is 0 Å². The van der Waals surface area contributed by atoms with Crippen molar-refractivity contribution in [2.45, 2.75) is 38.6 Å². The summed E-state index contributed by atoms with van der Waals surface area (Å²) in [5.74, 6) is 0.478. The van der Waals surface area contributed by atoms with E-state index in [1.165, 1.54) is 0 Å². The average Bonchev–Trinajstić information content (AvgIpc) is 2.89. The van der Waals surface area contributed by atoms with Gasteiger partial charge in [0.15, 0.2) is 0 Å². The maximum atomic E-state index is 12.4. The van der Waals surface area contributed by atoms with Gasteiger partial charge in [0.05, 0.1) is 0 Å². The lowest BCUT2D eigenvalue weighted by Crippen LogP contribution is -2.40. The quantitative estimate of drug-likeness (QED) is 0.575. The Morgan fingerprint density at radius 3 is 2.63 bits per heavy atom. The number of halogens is 1. The molecule has 0 aromatic heterocycles. The summed E-state index contributed by atoms with van der Waals surface area (Å²) >= 11 is 0. The van der Waals surface area contributed by atoms with Crippen molar-refractivity contribution in [3.05, 3.63) is 29.8 Å². The molecule has 2 aliphatic rings. The number of amides is 4. The molecule has 1 aromatic rings. The van der Waals surface area contributed by atoms with Crippen LogP contribution in [0.4, 0.5) is 10.5 Å². The highest BCUT2D eigenvalue weighted by atomic mass is 35.5. The first-order chi connectivity index (χ1) is 12.4. The standard InChI is InChI=1S/C19H26N4O3.ClH/c1-12(13-6-8-20-9-7-13)10-16(24)21-15-5-3-4-14(11-15)19(2)17(25)22-18(26)23-19;/h3-5,11-13,20H,6-10H2,1-2H3,(H,21,24)(H2,22,23,25,26);1H. The molecule has 0 aliphatic carbocycles. The summed E-state index contributed by atoms with van der Waals surface area (Å²) in [7, 11) is 0. The second-order valence-corrected chi connectivity index (χ2v) is 7.43. The van der Waals surface area contributed by atoms with Crippen LogP contribution in [0.25, 0.3) is 0 Å². The molecular weight excluding hydrogens is 368 g/mol. The fourth-order valence-electron chi connectivity index (χ4n) is 3.74. The van der Waals surface area contributed by atoms with E-state index in [0.29, 0.717) is 29.5 Å². The first-order valence-electron chi connectivity index (χ1n) is 9.13. The zero-order chi connectivity index (χ0) is 18.7. The van der Waals surface area contributed by atoms with E-state index in [-0.39, 0.29) is 18.3 Å². The number of benzene rings is 1. The lowest BCUT2D eigenvalue weighted by atomic mass is 9.84. The smallest absolute Gasteiger partial charge is 0.322 e. The molecule has 2 saturated heterocycles. The van der Waals surface area contributed by atoms with Crippen LogP contribution in [0, 0.1) is 11.8 Å². The minimum atomic E-state index is -1.12. The molecule has 3 rings (SSSR count). The minimum Gasteiger partial charge on any atom is -0.326 e. The number of hydrogen-bond donors (Lipinski definition) is 4. The van der Waals surface area contributed by atoms with Gasteiger partial charge in [-0.15, -0.1) is 12.4 Å². The zero-order valence-corrected chi connectivity index (χ0v) is 16.4. The Labute approximate surface area is 165 Å². The Hall–Kier alpha value is -2.12. The van der Waals surface area contributed by atoms with Gasteiger partial charge in [0.2, 0.25) is 5.91 Å². The first-order valence-corrected chi connectivity index (χ1v) is 9.13. The van der Waals surface area contributed by atoms with Crippen molar-refractivity contribution in [2.24, 2.45) is 11.8 Å². The van der Waals surface area contributed by atoms with Gasteiger partial charge in [0, 0.05) is 12.1 Å². The molecule has 2 atom stereocenters. The third kappa shape index (κ3) is 4.78. The molecule has 148 valence electrons. The molecule has 0 saturated carbocycles. The van der Waals surface area contributed by atoms with E-state index in [9.17, 15) is 14.4 Å². The highest BCUT2D eigenvalue weighted by Gasteiger charge is 2.43. The highest BCUT2D eigenvalue weighted by Crippen LogP contribution is 2.27. The normalized spacial score (nSPS) is 23.8. The minimum absolute atomic E-state index is 0. The molecule has 27 heavy (non-hydrogen) atoms. The van der Waals surface area contributed by atoms with Crippen molar-refractivity contribution in [1.82, 2.24) is 16.0 Å². The number of piperidine rings is 1. The van der Waals surface area contributed by atoms with Gasteiger partial charge in [-0.3, -0.25) is 14.9 Å². The number of urea groups is 1. The van der Waals surface area contributed by atoms with Crippen LogP contribution in [-0.4, -0.2) is 30.9 Å². The predicted molar refractivity (Wildman–Crippen MR) is 106 cm³/mol. The van der Waals surface area contributed by atoms with Crippen LogP contribution in [0.2, 0.25) is 0 Å². The second-order valence-electron chi connectivity index (χ2n) is 7.43. The van der Waals surface area contributed by atoms with E-state index in [2.05, 4.69) is 28.2 Å². The number of rotatable bonds is 5. The number of hydrogen-bond acceptors (Lipinski definition) is 4. The Balaban J connectivity index is 0.00000261. The molecule has 4 amide bonds. The molecule has 0 spiro atoms. The number of carbonyl (C=O) groups is 3. The Kier molecular flexibility index (Phi) is 6.84. The molecule has 2 heterocycles. The maximum Gasteiger partial charge on any atom is 0.322 e. The van der Waals surface area contributed by atoms with Gasteiger partial charge in [0.1, 0.15) is 5.54 Å². The topological polar surface area (TPSA) is 99.3 Å². The lowest BCUT2D eigenvalue weighted by molar-refractivity contribution is -0.123. The van der Waals surface area contributed by atoms with Gasteiger partial charge in [0.25, 0.3) is 5.91 Å². The largest absolute Gasteiger partial charge is 0.326 e. The number of carbonyl (C=O) groups excluding carboxylic acids is 3. The van der Waals surface area contributed by atoms with E-state index in [1.54, 1.807) is 31.2 Å². The predicted octanol–water partition coefficient (Wildman–Crippen LogP) is 2.13. The van der Waals surface area contributed by atoms with E-state index >= 15 is 0 Å². The Morgan fingerprint density at radius 1 is 1.30 bits per heavy atom. The molecule has 7 nitrogen and oxygen atoms in total. The third-order valence-electron chi connectivity index (χ3n) is 5.46. The van der Waals surface area contributed by atoms with Gasteiger partial charge in [-0.25, -0.2) is 4.79 Å². The lowest BCUT2D eigenvalue weighted by Gasteiger charge is -2.28. The summed E-state index contributed by atoms with van der Waals surface area (Å²) in [6, 6.07) is 6.54. The van der Waals surface area contributed by atoms with Crippen molar-refractivity contribution < 1.29 is 14.4 Å². The van der Waals surface area contributed by atoms with Crippen molar-refractivity contribution in [3.8, 4) is 0 Å². The Bertz CT molecular complexity index is 721. The van der Waals surface area contributed by atoms with E-state index in [0.717, 1.165) is 25.9 Å². The molecule has 4 N–H and O–H groups in total. The van der Waals surface area contributed by atoms with Gasteiger partial charge in [-0.1, -0.05) is 19.1 Å². The molecule has 0 bridgehead atoms. The highest BCUT2D eigenvalue weighted by molar-refractivity contribution is 6.07. The maximum absolute atomic E-state index is 12.4. The van der Waals surface area contributed by atoms with Crippen LogP contribution in [-0.2, 0) is 15.1 Å². The van der Waals surface area contributed by atoms with Gasteiger partial charge < -0.3 is 16.0 Å². The van der Waals surface area contributed by atoms with Crippen LogP contribution >= 0.6 is 12.4 Å². The number of nitrogens with one attached hydrogen (secondary N) is 4. The van der Waals surface area contributed by atoms with Crippen LogP contribution in [0.1, 0.15) is 38.7 Å². The second kappa shape index (κ2) is 8.71. The summed E-state index contributed by atoms with van der Waals surface area (Å²) in [5, 5.41) is 11.1. The fourth-order valence-corrected chi connectivity index (χ4v) is 3.74. The van der Waals surface area contributed by atoms with Crippen LogP contribution < -0.4 is 21.3 Å². The summed E-state index contributed by atoms with van der Waals surface area (Å²) in [4.78, 5) is 36.0. The van der Waals surface area contributed by atoms with Crippen LogP contribution in [0.5, 0.6) is 0 Å². The Morgan fingerprint density at radius 2 is 2.00 bits per heavy atom. The van der Waals surface area contributed by atoms with Crippen molar-refractivity contribution >= 4 is 35.9 Å². The van der Waals surface area contributed by atoms with E-state index < -0.39 is 17.5 Å². The van der Waals surface area contributed by atoms with Crippen LogP contribution in [0.3, 0.4) is 0 Å². The molecule has 0 radical (unpaired) electrons. The van der Waals surface area contributed by atoms with Gasteiger partial charge in [-0.2, -0.15) is 0 Å². The summed E-state index contributed by atoms with van der Waals surface area (Å²) in [6.07, 6.45) is 2.69. The number of imide groups is 1. The monoisotopic (exact) mass is 394 g/mol. The van der Waals surface area contributed by atoms with Crippen LogP contribution in [0.15, 0.2) is 24.3 Å². The average molecular weight is 395 g/mol. The van der Waals surface area contributed by atoms with Gasteiger partial charge in [-0.05, 0) is 62.4 Å². The summed E-state index contributed by atoms with van der Waals surface area (Å²) < 4.78 is 0. The van der Waals surface area contributed by atoms with E-state index in [1.807, 2.05) is 0 Å². The molecule has 2 unspecified atom stereocenters. The molecular formula is C19H27ClN4O3. The third-order valence-corrected chi connectivity index (χ3v) is 5.46. The van der Waals surface area contributed by atoms with Gasteiger partial charge >= 0.3 is 6.03 Å². The first kappa shape index (κ1) is 21.2. The van der Waals surface area contributed by atoms with Crippen molar-refractivity contribution in [1.29, 1.82) is 0 Å². The molecule has 2 fully saturated rings. The summed E-state index contributed by atoms with van der Waals surface area (Å²) in [5.41, 5.74) is 0.130. The number of anilines is 1. The fraction of sp³-hybridized carbons (Fsp3) is 0.526.